The number of aromatic hydroxyl groups is 1. The van der Waals surface area contributed by atoms with Crippen LogP contribution < -0.4 is 4.74 Å². The molecule has 0 amide bonds. The second-order valence-corrected chi connectivity index (χ2v) is 3.30. The molecule has 1 aromatic carbocycles. The topological polar surface area (TPSA) is 46.5 Å². The van der Waals surface area contributed by atoms with Crippen molar-refractivity contribution in [1.82, 2.24) is 0 Å². The molecule has 1 N–H and O–H groups in total. The van der Waals surface area contributed by atoms with Crippen molar-refractivity contribution in [2.75, 3.05) is 5.75 Å². The predicted octanol–water partition coefficient (Wildman–Crippen LogP) is 1.84. The minimum absolute atomic E-state index is 0.0219. The Morgan fingerprint density at radius 1 is 1.50 bits per heavy atom. The van der Waals surface area contributed by atoms with Crippen LogP contribution in [0.5, 0.6) is 11.5 Å². The van der Waals surface area contributed by atoms with Gasteiger partial charge in [-0.3, -0.25) is 4.79 Å². The maximum atomic E-state index is 10.9. The zero-order valence-electron chi connectivity index (χ0n) is 8.07. The van der Waals surface area contributed by atoms with Gasteiger partial charge >= 0.3 is 5.97 Å². The molecule has 0 heterocycles. The number of ether oxygens (including phenoxy) is 1. The first kappa shape index (κ1) is 10.9. The number of phenols is 1. The summed E-state index contributed by atoms with van der Waals surface area (Å²) in [6.45, 7) is 3.48. The molecular formula is C10H12O3S. The number of benzene rings is 1. The van der Waals surface area contributed by atoms with Crippen LogP contribution in [0.3, 0.4) is 0 Å². The van der Waals surface area contributed by atoms with Crippen LogP contribution in [-0.2, 0) is 4.79 Å². The van der Waals surface area contributed by atoms with Crippen molar-refractivity contribution in [3.8, 4) is 11.5 Å². The van der Waals surface area contributed by atoms with Gasteiger partial charge in [0.1, 0.15) is 11.5 Å². The second kappa shape index (κ2) is 4.37. The summed E-state index contributed by atoms with van der Waals surface area (Å²) >= 11 is 3.79. The van der Waals surface area contributed by atoms with Crippen LogP contribution in [0.2, 0.25) is 0 Å². The SMILES string of the molecule is Cc1ccc(OC(=O)CS)c(C)c1O. The van der Waals surface area contributed by atoms with Crippen molar-refractivity contribution in [1.29, 1.82) is 0 Å². The van der Waals surface area contributed by atoms with E-state index in [2.05, 4.69) is 12.6 Å². The maximum Gasteiger partial charge on any atom is 0.321 e. The lowest BCUT2D eigenvalue weighted by Crippen LogP contribution is -2.09. The number of esters is 1. The summed E-state index contributed by atoms with van der Waals surface area (Å²) in [6.07, 6.45) is 0. The minimum atomic E-state index is -0.431. The fourth-order valence-corrected chi connectivity index (χ4v) is 1.15. The number of carbonyl (C=O) groups is 1. The van der Waals surface area contributed by atoms with Gasteiger partial charge in [0.05, 0.1) is 5.75 Å². The van der Waals surface area contributed by atoms with Gasteiger partial charge in [-0.25, -0.2) is 0 Å². The first-order valence-corrected chi connectivity index (χ1v) is 4.80. The number of rotatable bonds is 2. The van der Waals surface area contributed by atoms with Gasteiger partial charge in [-0.15, -0.1) is 0 Å². The maximum absolute atomic E-state index is 10.9. The molecule has 0 radical (unpaired) electrons. The summed E-state index contributed by atoms with van der Waals surface area (Å²) < 4.78 is 4.95. The van der Waals surface area contributed by atoms with E-state index in [9.17, 15) is 9.90 Å². The first-order valence-electron chi connectivity index (χ1n) is 4.17. The Kier molecular flexibility index (Phi) is 3.41. The van der Waals surface area contributed by atoms with Gasteiger partial charge in [0.25, 0.3) is 0 Å². The number of phenolic OH excluding ortho intramolecular Hbond substituents is 1. The van der Waals surface area contributed by atoms with Crippen molar-refractivity contribution in [2.24, 2.45) is 0 Å². The Bertz CT molecular complexity index is 361. The van der Waals surface area contributed by atoms with Gasteiger partial charge in [-0.05, 0) is 25.5 Å². The Morgan fingerprint density at radius 3 is 2.71 bits per heavy atom. The molecule has 0 unspecified atom stereocenters. The van der Waals surface area contributed by atoms with E-state index in [1.54, 1.807) is 26.0 Å². The molecule has 0 atom stereocenters. The standard InChI is InChI=1S/C10H12O3S/c1-6-3-4-8(7(2)10(6)12)13-9(11)5-14/h3-4,12,14H,5H2,1-2H3. The van der Waals surface area contributed by atoms with Crippen molar-refractivity contribution < 1.29 is 14.6 Å². The third kappa shape index (κ3) is 2.20. The average Bonchev–Trinajstić information content (AvgIpc) is 2.19. The van der Waals surface area contributed by atoms with Gasteiger partial charge in [-0.2, -0.15) is 12.6 Å². The molecule has 0 aromatic heterocycles. The molecule has 0 aliphatic carbocycles. The molecule has 0 saturated heterocycles. The largest absolute Gasteiger partial charge is 0.507 e. The summed E-state index contributed by atoms with van der Waals surface area (Å²) in [5.74, 6) is 0.134. The molecule has 0 fully saturated rings. The molecule has 0 bridgehead atoms. The van der Waals surface area contributed by atoms with Crippen LogP contribution in [0.15, 0.2) is 12.1 Å². The highest BCUT2D eigenvalue weighted by atomic mass is 32.1. The van der Waals surface area contributed by atoms with E-state index in [-0.39, 0.29) is 11.5 Å². The average molecular weight is 212 g/mol. The van der Waals surface area contributed by atoms with E-state index in [1.807, 2.05) is 0 Å². The smallest absolute Gasteiger partial charge is 0.321 e. The zero-order valence-corrected chi connectivity index (χ0v) is 8.97. The molecule has 0 spiro atoms. The number of hydrogen-bond acceptors (Lipinski definition) is 4. The van der Waals surface area contributed by atoms with Crippen LogP contribution in [-0.4, -0.2) is 16.8 Å². The van der Waals surface area contributed by atoms with Crippen LogP contribution in [0.25, 0.3) is 0 Å². The summed E-state index contributed by atoms with van der Waals surface area (Å²) in [5.41, 5.74) is 1.33. The summed E-state index contributed by atoms with van der Waals surface area (Å²) in [5, 5.41) is 9.56. The normalized spacial score (nSPS) is 9.93. The van der Waals surface area contributed by atoms with Crippen molar-refractivity contribution in [2.45, 2.75) is 13.8 Å². The Labute approximate surface area is 88.1 Å². The molecule has 76 valence electrons. The second-order valence-electron chi connectivity index (χ2n) is 2.99. The molecule has 0 aliphatic rings. The van der Waals surface area contributed by atoms with Gasteiger partial charge in [0, 0.05) is 5.56 Å². The summed E-state index contributed by atoms with van der Waals surface area (Å²) in [7, 11) is 0. The minimum Gasteiger partial charge on any atom is -0.507 e. The molecule has 14 heavy (non-hydrogen) atoms. The summed E-state index contributed by atoms with van der Waals surface area (Å²) in [4.78, 5) is 10.9. The lowest BCUT2D eigenvalue weighted by molar-refractivity contribution is -0.131. The zero-order chi connectivity index (χ0) is 10.7. The molecule has 0 saturated carbocycles. The van der Waals surface area contributed by atoms with Crippen LogP contribution in [0.1, 0.15) is 11.1 Å². The molecule has 4 heteroatoms. The van der Waals surface area contributed by atoms with E-state index in [1.165, 1.54) is 0 Å². The molecule has 1 rings (SSSR count). The number of aryl methyl sites for hydroxylation is 1. The highest BCUT2D eigenvalue weighted by molar-refractivity contribution is 7.81. The lowest BCUT2D eigenvalue weighted by Gasteiger charge is -2.09. The monoisotopic (exact) mass is 212 g/mol. The highest BCUT2D eigenvalue weighted by Gasteiger charge is 2.09. The van der Waals surface area contributed by atoms with Gasteiger partial charge in [-0.1, -0.05) is 6.07 Å². The van der Waals surface area contributed by atoms with Crippen molar-refractivity contribution in [3.05, 3.63) is 23.3 Å². The third-order valence-corrected chi connectivity index (χ3v) is 2.19. The van der Waals surface area contributed by atoms with Gasteiger partial charge < -0.3 is 9.84 Å². The molecule has 3 nitrogen and oxygen atoms in total. The molecule has 1 aromatic rings. The van der Waals surface area contributed by atoms with Crippen molar-refractivity contribution >= 4 is 18.6 Å². The van der Waals surface area contributed by atoms with E-state index < -0.39 is 5.97 Å². The molecule has 0 aliphatic heterocycles. The predicted molar refractivity (Wildman–Crippen MR) is 57.1 cm³/mol. The van der Waals surface area contributed by atoms with E-state index in [0.717, 1.165) is 5.56 Å². The Morgan fingerprint density at radius 2 is 2.14 bits per heavy atom. The number of thiol groups is 1. The highest BCUT2D eigenvalue weighted by Crippen LogP contribution is 2.29. The van der Waals surface area contributed by atoms with E-state index >= 15 is 0 Å². The van der Waals surface area contributed by atoms with Crippen LogP contribution in [0, 0.1) is 13.8 Å². The Balaban J connectivity index is 3.00. The van der Waals surface area contributed by atoms with E-state index in [4.69, 9.17) is 4.74 Å². The van der Waals surface area contributed by atoms with Gasteiger partial charge in [0.2, 0.25) is 0 Å². The number of hydrogen-bond donors (Lipinski definition) is 2. The third-order valence-electron chi connectivity index (χ3n) is 1.94. The summed E-state index contributed by atoms with van der Waals surface area (Å²) in [6, 6.07) is 3.36. The van der Waals surface area contributed by atoms with Crippen LogP contribution in [0.4, 0.5) is 0 Å². The fraction of sp³-hybridized carbons (Fsp3) is 0.300. The van der Waals surface area contributed by atoms with E-state index in [0.29, 0.717) is 11.3 Å². The van der Waals surface area contributed by atoms with Crippen molar-refractivity contribution in [3.63, 3.8) is 0 Å². The van der Waals surface area contributed by atoms with Gasteiger partial charge in [0.15, 0.2) is 0 Å². The van der Waals surface area contributed by atoms with Crippen LogP contribution >= 0.6 is 12.6 Å². The lowest BCUT2D eigenvalue weighted by atomic mass is 10.1. The first-order chi connectivity index (χ1) is 6.56. The number of carbonyl (C=O) groups excluding carboxylic acids is 1. The molecular weight excluding hydrogens is 200 g/mol. The fourth-order valence-electron chi connectivity index (χ4n) is 1.08. The quantitative estimate of drug-likeness (QED) is 0.447. The Hall–Kier alpha value is -1.16.